The molecule has 1 N–H and O–H groups in total. The molecule has 2 saturated carbocycles. The second-order valence-electron chi connectivity index (χ2n) is 11.5. The Hall–Kier alpha value is -3.02. The minimum absolute atomic E-state index is 0.110. The molecule has 212 valence electrons. The lowest BCUT2D eigenvalue weighted by atomic mass is 9.82. The van der Waals surface area contributed by atoms with Crippen molar-refractivity contribution < 1.29 is 17.9 Å². The van der Waals surface area contributed by atoms with Gasteiger partial charge in [-0.3, -0.25) is 9.69 Å². The maximum atomic E-state index is 13.4. The van der Waals surface area contributed by atoms with Gasteiger partial charge in [-0.25, -0.2) is 22.8 Å². The van der Waals surface area contributed by atoms with E-state index in [1.807, 2.05) is 35.0 Å². The van der Waals surface area contributed by atoms with Crippen LogP contribution in [-0.4, -0.2) is 84.7 Å². The number of piperidine rings is 1. The molecule has 2 aliphatic heterocycles. The number of hydrogen-bond donors (Lipinski definition) is 1. The smallest absolute Gasteiger partial charge is 0.283 e. The molecule has 7 rings (SSSR count). The lowest BCUT2D eigenvalue weighted by molar-refractivity contribution is 0.0115. The summed E-state index contributed by atoms with van der Waals surface area (Å²) in [7, 11) is -3.70. The second kappa shape index (κ2) is 10.4. The average Bonchev–Trinajstić information content (AvgIpc) is 3.76. The summed E-state index contributed by atoms with van der Waals surface area (Å²) in [6.45, 7) is 5.22. The molecule has 10 nitrogen and oxygen atoms in total. The van der Waals surface area contributed by atoms with Crippen molar-refractivity contribution in [2.24, 2.45) is 0 Å². The summed E-state index contributed by atoms with van der Waals surface area (Å²) in [5.41, 5.74) is 3.55. The summed E-state index contributed by atoms with van der Waals surface area (Å²) in [5, 5.41) is 5.59. The van der Waals surface area contributed by atoms with Crippen LogP contribution < -0.4 is 9.62 Å². The lowest BCUT2D eigenvalue weighted by Crippen LogP contribution is -2.49. The number of benzene rings is 1. The Morgan fingerprint density at radius 3 is 2.33 bits per heavy atom. The van der Waals surface area contributed by atoms with E-state index in [0.29, 0.717) is 30.4 Å². The van der Waals surface area contributed by atoms with Crippen LogP contribution in [0.5, 0.6) is 0 Å². The number of ether oxygens (including phenoxy) is 1. The molecule has 4 heterocycles. The van der Waals surface area contributed by atoms with Crippen molar-refractivity contribution in [1.82, 2.24) is 24.4 Å². The number of hydrogen-bond acceptors (Lipinski definition) is 8. The van der Waals surface area contributed by atoms with E-state index >= 15 is 0 Å². The number of para-hydroxylation sites is 1. The van der Waals surface area contributed by atoms with E-state index in [-0.39, 0.29) is 5.69 Å². The molecule has 11 heteroatoms. The first kappa shape index (κ1) is 25.9. The Balaban J connectivity index is 1.30. The Morgan fingerprint density at radius 2 is 1.68 bits per heavy atom. The van der Waals surface area contributed by atoms with Gasteiger partial charge in [0.05, 0.1) is 40.9 Å². The van der Waals surface area contributed by atoms with Gasteiger partial charge in [0.1, 0.15) is 5.69 Å². The summed E-state index contributed by atoms with van der Waals surface area (Å²) in [6, 6.07) is 12.2. The van der Waals surface area contributed by atoms with Crippen LogP contribution in [0.15, 0.2) is 36.4 Å². The Bertz CT molecular complexity index is 1500. The largest absolute Gasteiger partial charge is 0.379 e. The zero-order valence-corrected chi connectivity index (χ0v) is 23.5. The monoisotopic (exact) mass is 564 g/mol. The van der Waals surface area contributed by atoms with Gasteiger partial charge in [-0.2, -0.15) is 5.10 Å². The van der Waals surface area contributed by atoms with Crippen molar-refractivity contribution in [3.05, 3.63) is 47.8 Å². The van der Waals surface area contributed by atoms with E-state index in [1.165, 1.54) is 6.42 Å². The minimum atomic E-state index is -3.70. The number of nitrogens with zero attached hydrogens (tertiary/aromatic N) is 5. The third-order valence-corrected chi connectivity index (χ3v) is 10.8. The number of nitrogens with one attached hydrogen (secondary N) is 1. The molecule has 2 aromatic heterocycles. The molecule has 0 bridgehead atoms. The fraction of sp³-hybridized carbons (Fsp3) is 0.552. The molecule has 0 atom stereocenters. The number of aromatic nitrogens is 3. The fourth-order valence-corrected chi connectivity index (χ4v) is 7.55. The molecular weight excluding hydrogens is 528 g/mol. The van der Waals surface area contributed by atoms with Crippen LogP contribution in [0.1, 0.15) is 67.0 Å². The van der Waals surface area contributed by atoms with Gasteiger partial charge in [0.2, 0.25) is 10.0 Å². The molecule has 0 unspecified atom stereocenters. The van der Waals surface area contributed by atoms with Gasteiger partial charge in [-0.05, 0) is 56.7 Å². The van der Waals surface area contributed by atoms with Crippen molar-refractivity contribution in [3.8, 4) is 5.69 Å². The van der Waals surface area contributed by atoms with E-state index in [9.17, 15) is 13.2 Å². The Kier molecular flexibility index (Phi) is 6.76. The number of rotatable bonds is 7. The van der Waals surface area contributed by atoms with E-state index < -0.39 is 21.2 Å². The molecule has 1 aromatic carbocycles. The van der Waals surface area contributed by atoms with Crippen molar-refractivity contribution in [2.75, 3.05) is 44.3 Å². The number of fused-ring (bicyclic) bond motifs is 1. The van der Waals surface area contributed by atoms with Crippen LogP contribution in [-0.2, 0) is 14.8 Å². The van der Waals surface area contributed by atoms with Crippen LogP contribution in [0.2, 0.25) is 0 Å². The predicted molar refractivity (Wildman–Crippen MR) is 152 cm³/mol. The fourth-order valence-electron chi connectivity index (χ4n) is 6.26. The van der Waals surface area contributed by atoms with Crippen LogP contribution in [0.3, 0.4) is 0 Å². The number of pyridine rings is 1. The Labute approximate surface area is 234 Å². The average molecular weight is 565 g/mol. The highest BCUT2D eigenvalue weighted by molar-refractivity contribution is 7.91. The highest BCUT2D eigenvalue weighted by Gasteiger charge is 2.38. The molecule has 4 aliphatic rings. The van der Waals surface area contributed by atoms with Crippen molar-refractivity contribution >= 4 is 32.7 Å². The van der Waals surface area contributed by atoms with Gasteiger partial charge in [0.15, 0.2) is 5.65 Å². The minimum Gasteiger partial charge on any atom is -0.379 e. The SMILES string of the molecule is O=C(NS(=O)(=O)C1CC1)c1cc(N2CCC(N3CCOCC3)CC2)c2c(C3CCC3)nn(-c3ccccc3)c2n1. The van der Waals surface area contributed by atoms with Crippen molar-refractivity contribution in [3.63, 3.8) is 0 Å². The van der Waals surface area contributed by atoms with E-state index in [0.717, 1.165) is 87.5 Å². The molecule has 1 amide bonds. The molecule has 0 radical (unpaired) electrons. The van der Waals surface area contributed by atoms with Crippen molar-refractivity contribution in [2.45, 2.75) is 62.2 Å². The third kappa shape index (κ3) is 4.88. The number of sulfonamides is 1. The van der Waals surface area contributed by atoms with Gasteiger partial charge in [-0.15, -0.1) is 0 Å². The highest BCUT2D eigenvalue weighted by atomic mass is 32.2. The zero-order valence-electron chi connectivity index (χ0n) is 22.7. The van der Waals surface area contributed by atoms with Gasteiger partial charge in [0, 0.05) is 38.1 Å². The normalized spacial score (nSPS) is 21.4. The number of carbonyl (C=O) groups excluding carboxylic acids is 1. The van der Waals surface area contributed by atoms with Crippen LogP contribution >= 0.6 is 0 Å². The molecule has 4 fully saturated rings. The number of morpholine rings is 1. The quantitative estimate of drug-likeness (QED) is 0.466. The summed E-state index contributed by atoms with van der Waals surface area (Å²) in [5.74, 6) is -0.321. The third-order valence-electron chi connectivity index (χ3n) is 8.93. The molecule has 3 aromatic rings. The maximum absolute atomic E-state index is 13.4. The van der Waals surface area contributed by atoms with Gasteiger partial charge in [0.25, 0.3) is 5.91 Å². The lowest BCUT2D eigenvalue weighted by Gasteiger charge is -2.41. The van der Waals surface area contributed by atoms with Crippen LogP contribution in [0, 0.1) is 0 Å². The van der Waals surface area contributed by atoms with E-state index in [4.69, 9.17) is 14.8 Å². The standard InChI is InChI=1S/C29H36N6O4S/c36-29(32-40(37,38)23-9-10-23)24-19-25(34-13-11-21(12-14-34)33-15-17-39-18-16-33)26-27(20-5-4-6-20)31-35(28(26)30-24)22-7-2-1-3-8-22/h1-3,7-8,19-21,23H,4-6,9-18H2,(H,32,36). The van der Waals surface area contributed by atoms with Crippen molar-refractivity contribution in [1.29, 1.82) is 0 Å². The topological polar surface area (TPSA) is 110 Å². The molecule has 2 aliphatic carbocycles. The molecule has 40 heavy (non-hydrogen) atoms. The first-order chi connectivity index (χ1) is 19.5. The first-order valence-corrected chi connectivity index (χ1v) is 16.1. The molecule has 2 saturated heterocycles. The molecular formula is C29H36N6O4S. The summed E-state index contributed by atoms with van der Waals surface area (Å²) in [4.78, 5) is 23.1. The van der Waals surface area contributed by atoms with E-state index in [1.54, 1.807) is 6.07 Å². The molecule has 0 spiro atoms. The summed E-state index contributed by atoms with van der Waals surface area (Å²) >= 11 is 0. The first-order valence-electron chi connectivity index (χ1n) is 14.6. The maximum Gasteiger partial charge on any atom is 0.283 e. The van der Waals surface area contributed by atoms with Gasteiger partial charge in [-0.1, -0.05) is 24.6 Å². The summed E-state index contributed by atoms with van der Waals surface area (Å²) < 4.78 is 35.0. The van der Waals surface area contributed by atoms with Gasteiger partial charge < -0.3 is 9.64 Å². The number of carbonyl (C=O) groups is 1. The second-order valence-corrected chi connectivity index (χ2v) is 13.5. The number of amides is 1. The highest BCUT2D eigenvalue weighted by Crippen LogP contribution is 2.43. The predicted octanol–water partition coefficient (Wildman–Crippen LogP) is 3.21. The van der Waals surface area contributed by atoms with E-state index in [2.05, 4.69) is 14.5 Å². The van der Waals surface area contributed by atoms with Gasteiger partial charge >= 0.3 is 0 Å². The zero-order chi connectivity index (χ0) is 27.3. The van der Waals surface area contributed by atoms with Crippen LogP contribution in [0.25, 0.3) is 16.7 Å². The summed E-state index contributed by atoms with van der Waals surface area (Å²) in [6.07, 6.45) is 6.56. The Morgan fingerprint density at radius 1 is 0.950 bits per heavy atom. The number of anilines is 1. The van der Waals surface area contributed by atoms with Crippen LogP contribution in [0.4, 0.5) is 5.69 Å².